The summed E-state index contributed by atoms with van der Waals surface area (Å²) in [5.74, 6) is 0. The van der Waals surface area contributed by atoms with Crippen LogP contribution in [0.15, 0.2) is 24.3 Å². The van der Waals surface area contributed by atoms with Crippen LogP contribution in [0.5, 0.6) is 0 Å². The van der Waals surface area contributed by atoms with Crippen LogP contribution in [0.25, 0.3) is 0 Å². The maximum atomic E-state index is 5.88. The lowest BCUT2D eigenvalue weighted by molar-refractivity contribution is 0.286. The van der Waals surface area contributed by atoms with Crippen molar-refractivity contribution in [1.29, 1.82) is 0 Å². The lowest BCUT2D eigenvalue weighted by Crippen LogP contribution is -2.29. The van der Waals surface area contributed by atoms with Gasteiger partial charge in [-0.25, -0.2) is 0 Å². The molecule has 1 aromatic carbocycles. The summed E-state index contributed by atoms with van der Waals surface area (Å²) >= 11 is 5.88. The van der Waals surface area contributed by atoms with Gasteiger partial charge in [-0.3, -0.25) is 0 Å². The molecule has 1 heterocycles. The summed E-state index contributed by atoms with van der Waals surface area (Å²) < 4.78 is 0. The summed E-state index contributed by atoms with van der Waals surface area (Å²) in [5.41, 5.74) is 1.40. The fraction of sp³-hybridized carbons (Fsp3) is 0.600. The van der Waals surface area contributed by atoms with Gasteiger partial charge in [0.05, 0.1) is 0 Å². The van der Waals surface area contributed by atoms with E-state index >= 15 is 0 Å². The van der Waals surface area contributed by atoms with Crippen molar-refractivity contribution in [2.24, 2.45) is 0 Å². The smallest absolute Gasteiger partial charge is 0.0406 e. The normalized spacial score (nSPS) is 17.6. The molecule has 3 heteroatoms. The van der Waals surface area contributed by atoms with Gasteiger partial charge < -0.3 is 10.2 Å². The molecular weight excluding hydrogens is 244 g/mol. The molecule has 2 nitrogen and oxygen atoms in total. The third-order valence-corrected chi connectivity index (χ3v) is 3.79. The molecule has 0 unspecified atom stereocenters. The average Bonchev–Trinajstić information content (AvgIpc) is 2.65. The molecule has 0 amide bonds. The molecule has 0 bridgehead atoms. The first-order valence-electron chi connectivity index (χ1n) is 7.02. The van der Waals surface area contributed by atoms with Crippen molar-refractivity contribution in [2.75, 3.05) is 32.7 Å². The number of nitrogens with one attached hydrogen (secondary N) is 1. The number of aryl methyl sites for hydroxylation is 1. The first-order chi connectivity index (χ1) is 8.84. The Hall–Kier alpha value is -0.570. The second-order valence-corrected chi connectivity index (χ2v) is 5.47. The van der Waals surface area contributed by atoms with E-state index in [1.165, 1.54) is 57.4 Å². The maximum absolute atomic E-state index is 5.88. The van der Waals surface area contributed by atoms with E-state index in [0.29, 0.717) is 0 Å². The highest BCUT2D eigenvalue weighted by molar-refractivity contribution is 6.30. The minimum absolute atomic E-state index is 0.829. The standard InChI is InChI=1S/C15H23ClN2/c16-15-7-5-14(6-8-15)4-1-2-11-18-12-3-9-17-10-13-18/h5-8,17H,1-4,9-13H2. The van der Waals surface area contributed by atoms with Gasteiger partial charge in [0.15, 0.2) is 0 Å². The zero-order chi connectivity index (χ0) is 12.6. The first kappa shape index (κ1) is 13.9. The molecular formula is C15H23ClN2. The van der Waals surface area contributed by atoms with Gasteiger partial charge in [0.25, 0.3) is 0 Å². The van der Waals surface area contributed by atoms with Gasteiger partial charge in [-0.05, 0) is 63.0 Å². The van der Waals surface area contributed by atoms with Crippen molar-refractivity contribution >= 4 is 11.6 Å². The van der Waals surface area contributed by atoms with Crippen molar-refractivity contribution in [3.63, 3.8) is 0 Å². The van der Waals surface area contributed by atoms with Crippen molar-refractivity contribution in [1.82, 2.24) is 10.2 Å². The third kappa shape index (κ3) is 4.97. The van der Waals surface area contributed by atoms with Crippen LogP contribution in [0.3, 0.4) is 0 Å². The molecule has 0 aromatic heterocycles. The number of nitrogens with zero attached hydrogens (tertiary/aromatic N) is 1. The highest BCUT2D eigenvalue weighted by Crippen LogP contribution is 2.12. The van der Waals surface area contributed by atoms with Crippen LogP contribution in [-0.2, 0) is 6.42 Å². The summed E-state index contributed by atoms with van der Waals surface area (Å²) in [6.45, 7) is 6.04. The summed E-state index contributed by atoms with van der Waals surface area (Å²) in [4.78, 5) is 2.59. The summed E-state index contributed by atoms with van der Waals surface area (Å²) in [7, 11) is 0. The Morgan fingerprint density at radius 3 is 2.72 bits per heavy atom. The monoisotopic (exact) mass is 266 g/mol. The quantitative estimate of drug-likeness (QED) is 0.825. The van der Waals surface area contributed by atoms with Crippen LogP contribution in [-0.4, -0.2) is 37.6 Å². The number of unbranched alkanes of at least 4 members (excludes halogenated alkanes) is 1. The van der Waals surface area contributed by atoms with E-state index in [1.807, 2.05) is 12.1 Å². The summed E-state index contributed by atoms with van der Waals surface area (Å²) in [6, 6.07) is 8.24. The second-order valence-electron chi connectivity index (χ2n) is 5.03. The SMILES string of the molecule is Clc1ccc(CCCCN2CCCNCC2)cc1. The minimum Gasteiger partial charge on any atom is -0.315 e. The Morgan fingerprint density at radius 2 is 1.89 bits per heavy atom. The fourth-order valence-corrected chi connectivity index (χ4v) is 2.57. The topological polar surface area (TPSA) is 15.3 Å². The highest BCUT2D eigenvalue weighted by Gasteiger charge is 2.07. The molecule has 100 valence electrons. The molecule has 0 radical (unpaired) electrons. The Labute approximate surface area is 115 Å². The molecule has 0 aliphatic carbocycles. The van der Waals surface area contributed by atoms with Crippen LogP contribution < -0.4 is 5.32 Å². The fourth-order valence-electron chi connectivity index (χ4n) is 2.44. The van der Waals surface area contributed by atoms with Crippen molar-refractivity contribution in [3.05, 3.63) is 34.9 Å². The molecule has 1 saturated heterocycles. The largest absolute Gasteiger partial charge is 0.315 e. The van der Waals surface area contributed by atoms with Crippen molar-refractivity contribution < 1.29 is 0 Å². The van der Waals surface area contributed by atoms with Gasteiger partial charge in [0.2, 0.25) is 0 Å². The van der Waals surface area contributed by atoms with Crippen LogP contribution in [0.2, 0.25) is 5.02 Å². The number of benzene rings is 1. The molecule has 0 saturated carbocycles. The lowest BCUT2D eigenvalue weighted by Gasteiger charge is -2.18. The molecule has 18 heavy (non-hydrogen) atoms. The average molecular weight is 267 g/mol. The zero-order valence-electron chi connectivity index (χ0n) is 11.0. The van der Waals surface area contributed by atoms with E-state index in [-0.39, 0.29) is 0 Å². The first-order valence-corrected chi connectivity index (χ1v) is 7.40. The summed E-state index contributed by atoms with van der Waals surface area (Å²) in [6.07, 6.45) is 5.02. The Bertz CT molecular complexity index is 329. The summed E-state index contributed by atoms with van der Waals surface area (Å²) in [5, 5.41) is 4.27. The van der Waals surface area contributed by atoms with Crippen LogP contribution in [0.4, 0.5) is 0 Å². The molecule has 0 spiro atoms. The van der Waals surface area contributed by atoms with Gasteiger partial charge in [-0.1, -0.05) is 23.7 Å². The van der Waals surface area contributed by atoms with E-state index in [4.69, 9.17) is 11.6 Å². The predicted molar refractivity (Wildman–Crippen MR) is 78.3 cm³/mol. The molecule has 1 aromatic rings. The van der Waals surface area contributed by atoms with E-state index in [1.54, 1.807) is 0 Å². The Balaban J connectivity index is 1.61. The van der Waals surface area contributed by atoms with Gasteiger partial charge in [-0.15, -0.1) is 0 Å². The number of hydrogen-bond acceptors (Lipinski definition) is 2. The second kappa shape index (κ2) is 7.78. The van der Waals surface area contributed by atoms with Crippen LogP contribution >= 0.6 is 11.6 Å². The number of rotatable bonds is 5. The van der Waals surface area contributed by atoms with E-state index in [9.17, 15) is 0 Å². The van der Waals surface area contributed by atoms with E-state index in [0.717, 1.165) is 11.6 Å². The number of hydrogen-bond donors (Lipinski definition) is 1. The lowest BCUT2D eigenvalue weighted by atomic mass is 10.1. The van der Waals surface area contributed by atoms with Crippen molar-refractivity contribution in [3.8, 4) is 0 Å². The highest BCUT2D eigenvalue weighted by atomic mass is 35.5. The zero-order valence-corrected chi connectivity index (χ0v) is 11.8. The van der Waals surface area contributed by atoms with Gasteiger partial charge in [0, 0.05) is 18.1 Å². The van der Waals surface area contributed by atoms with Crippen LogP contribution in [0.1, 0.15) is 24.8 Å². The van der Waals surface area contributed by atoms with Gasteiger partial charge in [-0.2, -0.15) is 0 Å². The molecule has 1 N–H and O–H groups in total. The third-order valence-electron chi connectivity index (χ3n) is 3.54. The maximum Gasteiger partial charge on any atom is 0.0406 e. The van der Waals surface area contributed by atoms with Gasteiger partial charge >= 0.3 is 0 Å². The molecule has 1 aliphatic heterocycles. The molecule has 1 aliphatic rings. The molecule has 0 atom stereocenters. The molecule has 2 rings (SSSR count). The van der Waals surface area contributed by atoms with Crippen molar-refractivity contribution in [2.45, 2.75) is 25.7 Å². The predicted octanol–water partition coefficient (Wildman–Crippen LogP) is 2.96. The Kier molecular flexibility index (Phi) is 5.98. The van der Waals surface area contributed by atoms with Crippen LogP contribution in [0, 0.1) is 0 Å². The van der Waals surface area contributed by atoms with E-state index in [2.05, 4.69) is 22.3 Å². The van der Waals surface area contributed by atoms with Gasteiger partial charge in [0.1, 0.15) is 0 Å². The molecule has 1 fully saturated rings. The Morgan fingerprint density at radius 1 is 1.06 bits per heavy atom. The minimum atomic E-state index is 0.829. The van der Waals surface area contributed by atoms with E-state index < -0.39 is 0 Å². The number of halogens is 1.